The number of fused-ring (bicyclic) bond motifs is 1. The molecule has 2 aromatic carbocycles. The molecular weight excluding hydrogens is 428 g/mol. The average molecular weight is 461 g/mol. The predicted octanol–water partition coefficient (Wildman–Crippen LogP) is 4.05. The van der Waals surface area contributed by atoms with Crippen molar-refractivity contribution in [2.24, 2.45) is 0 Å². The van der Waals surface area contributed by atoms with Gasteiger partial charge in [0.1, 0.15) is 23.1 Å². The highest BCUT2D eigenvalue weighted by atomic mass is 32.2. The van der Waals surface area contributed by atoms with Crippen molar-refractivity contribution in [2.45, 2.75) is 57.7 Å². The third kappa shape index (κ3) is 4.85. The molecule has 0 aliphatic carbocycles. The minimum absolute atomic E-state index is 0.276. The van der Waals surface area contributed by atoms with Gasteiger partial charge in [0, 0.05) is 18.1 Å². The average Bonchev–Trinajstić information content (AvgIpc) is 2.78. The number of benzene rings is 2. The number of rotatable bonds is 8. The molecule has 0 saturated heterocycles. The summed E-state index contributed by atoms with van der Waals surface area (Å²) in [4.78, 5) is 13.3. The van der Waals surface area contributed by atoms with E-state index >= 15 is 0 Å². The van der Waals surface area contributed by atoms with Crippen LogP contribution >= 0.6 is 0 Å². The monoisotopic (exact) mass is 460 g/mol. The second kappa shape index (κ2) is 9.40. The van der Waals surface area contributed by atoms with Crippen LogP contribution < -0.4 is 19.1 Å². The first-order valence-electron chi connectivity index (χ1n) is 10.9. The molecule has 3 rings (SSSR count). The number of anilines is 1. The lowest BCUT2D eigenvalue weighted by atomic mass is 9.83. The number of carbonyl (C=O) groups is 1. The van der Waals surface area contributed by atoms with Gasteiger partial charge in [0.05, 0.1) is 25.1 Å². The van der Waals surface area contributed by atoms with E-state index in [1.165, 1.54) is 7.11 Å². The lowest BCUT2D eigenvalue weighted by Crippen LogP contribution is -2.51. The van der Waals surface area contributed by atoms with Crippen molar-refractivity contribution in [2.75, 3.05) is 17.7 Å². The number of para-hydroxylation sites is 1. The SMILES string of the molecule is CCC1(CC)C[C@@H](NC(=O)[C@@H](C)N(c2cccc(OC)c2)S(C)(=O)=O)c2ccccc2O1. The Morgan fingerprint density at radius 2 is 1.91 bits per heavy atom. The Labute approximate surface area is 190 Å². The number of hydrogen-bond donors (Lipinski definition) is 1. The molecule has 0 unspecified atom stereocenters. The van der Waals surface area contributed by atoms with E-state index < -0.39 is 16.1 Å². The number of nitrogens with one attached hydrogen (secondary N) is 1. The Kier molecular flexibility index (Phi) is 7.03. The van der Waals surface area contributed by atoms with Crippen LogP contribution in [-0.4, -0.2) is 39.3 Å². The van der Waals surface area contributed by atoms with Gasteiger partial charge in [-0.25, -0.2) is 8.42 Å². The van der Waals surface area contributed by atoms with Gasteiger partial charge in [0.15, 0.2) is 0 Å². The first-order valence-corrected chi connectivity index (χ1v) is 12.7. The maximum atomic E-state index is 13.3. The van der Waals surface area contributed by atoms with Gasteiger partial charge >= 0.3 is 0 Å². The van der Waals surface area contributed by atoms with Crippen molar-refractivity contribution in [3.8, 4) is 11.5 Å². The van der Waals surface area contributed by atoms with Crippen molar-refractivity contribution in [1.82, 2.24) is 5.32 Å². The van der Waals surface area contributed by atoms with Crippen LogP contribution in [0.4, 0.5) is 5.69 Å². The van der Waals surface area contributed by atoms with Crippen LogP contribution in [0.2, 0.25) is 0 Å². The minimum Gasteiger partial charge on any atom is -0.497 e. The van der Waals surface area contributed by atoms with Crippen molar-refractivity contribution in [3.05, 3.63) is 54.1 Å². The molecule has 2 atom stereocenters. The Hall–Kier alpha value is -2.74. The van der Waals surface area contributed by atoms with Crippen LogP contribution in [0.15, 0.2) is 48.5 Å². The van der Waals surface area contributed by atoms with Crippen LogP contribution in [0, 0.1) is 0 Å². The fourth-order valence-electron chi connectivity index (χ4n) is 4.28. The number of ether oxygens (including phenoxy) is 2. The van der Waals surface area contributed by atoms with Gasteiger partial charge in [0.25, 0.3) is 0 Å². The minimum atomic E-state index is -3.73. The molecule has 0 aromatic heterocycles. The van der Waals surface area contributed by atoms with E-state index in [4.69, 9.17) is 9.47 Å². The summed E-state index contributed by atoms with van der Waals surface area (Å²) in [5.41, 5.74) is 0.898. The van der Waals surface area contributed by atoms with Gasteiger partial charge in [-0.15, -0.1) is 0 Å². The molecule has 1 amide bonds. The molecule has 1 aliphatic heterocycles. The number of sulfonamides is 1. The normalized spacial score (nSPS) is 18.1. The first kappa shape index (κ1) is 23.9. The molecule has 0 radical (unpaired) electrons. The molecule has 174 valence electrons. The van der Waals surface area contributed by atoms with Crippen LogP contribution in [0.1, 0.15) is 51.6 Å². The fourth-order valence-corrected chi connectivity index (χ4v) is 5.45. The molecule has 0 fully saturated rings. The molecule has 7 nitrogen and oxygen atoms in total. The maximum absolute atomic E-state index is 13.3. The fraction of sp³-hybridized carbons (Fsp3) is 0.458. The molecule has 32 heavy (non-hydrogen) atoms. The highest BCUT2D eigenvalue weighted by molar-refractivity contribution is 7.92. The van der Waals surface area contributed by atoms with Crippen molar-refractivity contribution in [1.29, 1.82) is 0 Å². The highest BCUT2D eigenvalue weighted by Gasteiger charge is 2.40. The van der Waals surface area contributed by atoms with E-state index in [-0.39, 0.29) is 17.6 Å². The lowest BCUT2D eigenvalue weighted by molar-refractivity contribution is -0.123. The smallest absolute Gasteiger partial charge is 0.244 e. The van der Waals surface area contributed by atoms with Gasteiger partial charge < -0.3 is 14.8 Å². The summed E-state index contributed by atoms with van der Waals surface area (Å²) in [5.74, 6) is 0.895. The van der Waals surface area contributed by atoms with Crippen LogP contribution in [0.3, 0.4) is 0 Å². The Balaban J connectivity index is 1.92. The lowest BCUT2D eigenvalue weighted by Gasteiger charge is -2.42. The number of hydrogen-bond acceptors (Lipinski definition) is 5. The summed E-state index contributed by atoms with van der Waals surface area (Å²) in [5, 5.41) is 3.09. The quantitative estimate of drug-likeness (QED) is 0.642. The summed E-state index contributed by atoms with van der Waals surface area (Å²) >= 11 is 0. The maximum Gasteiger partial charge on any atom is 0.244 e. The van der Waals surface area contributed by atoms with Gasteiger partial charge in [-0.2, -0.15) is 0 Å². The van der Waals surface area contributed by atoms with Crippen molar-refractivity contribution < 1.29 is 22.7 Å². The second-order valence-electron chi connectivity index (χ2n) is 8.23. The summed E-state index contributed by atoms with van der Waals surface area (Å²) in [6.45, 7) is 5.74. The molecule has 8 heteroatoms. The Morgan fingerprint density at radius 3 is 2.53 bits per heavy atom. The second-order valence-corrected chi connectivity index (χ2v) is 10.1. The zero-order valence-electron chi connectivity index (χ0n) is 19.3. The van der Waals surface area contributed by atoms with E-state index in [2.05, 4.69) is 19.2 Å². The molecule has 0 spiro atoms. The molecule has 1 N–H and O–H groups in total. The number of carbonyl (C=O) groups excluding carboxylic acids is 1. The summed E-state index contributed by atoms with van der Waals surface area (Å²) in [6, 6.07) is 13.1. The van der Waals surface area contributed by atoms with Gasteiger partial charge in [-0.1, -0.05) is 38.1 Å². The summed E-state index contributed by atoms with van der Waals surface area (Å²) in [7, 11) is -2.22. The van der Waals surface area contributed by atoms with E-state index in [9.17, 15) is 13.2 Å². The molecule has 2 aromatic rings. The van der Waals surface area contributed by atoms with Gasteiger partial charge in [-0.05, 0) is 38.0 Å². The van der Waals surface area contributed by atoms with Crippen molar-refractivity contribution >= 4 is 21.6 Å². The number of nitrogens with zero attached hydrogens (tertiary/aromatic N) is 1. The largest absolute Gasteiger partial charge is 0.497 e. The number of amides is 1. The molecule has 1 aliphatic rings. The van der Waals surface area contributed by atoms with E-state index in [1.807, 2.05) is 24.3 Å². The molecule has 0 bridgehead atoms. The predicted molar refractivity (Wildman–Crippen MR) is 126 cm³/mol. The Morgan fingerprint density at radius 1 is 1.22 bits per heavy atom. The van der Waals surface area contributed by atoms with Crippen LogP contribution in [-0.2, 0) is 14.8 Å². The standard InChI is InChI=1S/C24H32N2O5S/c1-6-24(7-2)16-21(20-13-8-9-14-22(20)31-24)25-23(27)17(3)26(32(5,28)29)18-11-10-12-19(15-18)30-4/h8-15,17,21H,6-7,16H2,1-5H3,(H,25,27)/t17-,21-/m1/s1. The number of methoxy groups -OCH3 is 1. The zero-order chi connectivity index (χ0) is 23.5. The Bertz CT molecular complexity index is 1070. The third-order valence-electron chi connectivity index (χ3n) is 6.20. The summed E-state index contributed by atoms with van der Waals surface area (Å²) < 4.78 is 38.0. The molecule has 1 heterocycles. The third-order valence-corrected chi connectivity index (χ3v) is 7.44. The van der Waals surface area contributed by atoms with E-state index in [0.717, 1.165) is 34.7 Å². The summed E-state index contributed by atoms with van der Waals surface area (Å²) in [6.07, 6.45) is 3.32. The van der Waals surface area contributed by atoms with Gasteiger partial charge in [0.2, 0.25) is 15.9 Å². The first-order chi connectivity index (χ1) is 15.1. The molecular formula is C24H32N2O5S. The topological polar surface area (TPSA) is 84.9 Å². The molecule has 0 saturated carbocycles. The highest BCUT2D eigenvalue weighted by Crippen LogP contribution is 2.42. The van der Waals surface area contributed by atoms with Crippen LogP contribution in [0.25, 0.3) is 0 Å². The van der Waals surface area contributed by atoms with E-state index in [1.54, 1.807) is 31.2 Å². The van der Waals surface area contributed by atoms with Crippen molar-refractivity contribution in [3.63, 3.8) is 0 Å². The van der Waals surface area contributed by atoms with Crippen LogP contribution in [0.5, 0.6) is 11.5 Å². The van der Waals surface area contributed by atoms with Gasteiger partial charge in [-0.3, -0.25) is 9.10 Å². The zero-order valence-corrected chi connectivity index (χ0v) is 20.1. The van der Waals surface area contributed by atoms with E-state index in [0.29, 0.717) is 17.9 Å².